The second-order valence-electron chi connectivity index (χ2n) is 7.12. The molecule has 12 heteroatoms. The van der Waals surface area contributed by atoms with Crippen LogP contribution in [0.3, 0.4) is 0 Å². The number of H-pyrrole nitrogens is 1. The lowest BCUT2D eigenvalue weighted by atomic mass is 10.1. The highest BCUT2D eigenvalue weighted by Gasteiger charge is 2.20. The average molecular weight is 512 g/mol. The lowest BCUT2D eigenvalue weighted by Gasteiger charge is -2.23. The molecule has 0 aliphatic carbocycles. The fourth-order valence-electron chi connectivity index (χ4n) is 3.26. The van der Waals surface area contributed by atoms with E-state index < -0.39 is 11.8 Å². The molecule has 0 saturated carbocycles. The molecule has 1 aliphatic rings. The van der Waals surface area contributed by atoms with Gasteiger partial charge in [0.05, 0.1) is 39.4 Å². The molecule has 4 N–H and O–H groups in total. The molecule has 33 heavy (non-hydrogen) atoms. The standard InChI is InChI=1S/C21H20Cl2N6O3.ClH/c22-14-2-1-3-15(23)18(14)20(30)28-16-11-26-29-19(16)21(31)27-12-4-5-17(25-10-12)32-13-6-8-24-9-7-13;/h1-5,10-11,13,24H,6-9H2,(H,26,29)(H,27,31)(H,28,30);1H. The lowest BCUT2D eigenvalue weighted by molar-refractivity contribution is 0.102. The molecule has 0 unspecified atom stereocenters. The number of carbonyl (C=O) groups excluding carboxylic acids is 2. The number of amides is 2. The van der Waals surface area contributed by atoms with Gasteiger partial charge in [-0.3, -0.25) is 14.7 Å². The number of ether oxygens (including phenoxy) is 1. The van der Waals surface area contributed by atoms with Gasteiger partial charge >= 0.3 is 0 Å². The van der Waals surface area contributed by atoms with Crippen LogP contribution < -0.4 is 20.7 Å². The number of benzene rings is 1. The lowest BCUT2D eigenvalue weighted by Crippen LogP contribution is -2.34. The Morgan fingerprint density at radius 3 is 2.39 bits per heavy atom. The van der Waals surface area contributed by atoms with Gasteiger partial charge in [0.25, 0.3) is 11.8 Å². The number of nitrogens with one attached hydrogen (secondary N) is 4. The van der Waals surface area contributed by atoms with Gasteiger partial charge in [-0.2, -0.15) is 5.10 Å². The van der Waals surface area contributed by atoms with Crippen molar-refractivity contribution in [1.29, 1.82) is 0 Å². The molecule has 0 radical (unpaired) electrons. The molecule has 1 aromatic carbocycles. The summed E-state index contributed by atoms with van der Waals surface area (Å²) in [6.07, 6.45) is 4.81. The van der Waals surface area contributed by atoms with E-state index in [4.69, 9.17) is 27.9 Å². The predicted octanol–water partition coefficient (Wildman–Crippen LogP) is 4.17. The Morgan fingerprint density at radius 1 is 1.00 bits per heavy atom. The summed E-state index contributed by atoms with van der Waals surface area (Å²) < 4.78 is 5.86. The van der Waals surface area contributed by atoms with E-state index in [1.165, 1.54) is 12.4 Å². The summed E-state index contributed by atoms with van der Waals surface area (Å²) in [5.41, 5.74) is 0.824. The Hall–Kier alpha value is -2.85. The molecule has 0 spiro atoms. The van der Waals surface area contributed by atoms with Crippen LogP contribution in [0.1, 0.15) is 33.7 Å². The summed E-state index contributed by atoms with van der Waals surface area (Å²) in [4.78, 5) is 29.6. The number of anilines is 2. The zero-order valence-corrected chi connectivity index (χ0v) is 19.6. The number of carbonyl (C=O) groups is 2. The maximum atomic E-state index is 12.7. The molecule has 1 fully saturated rings. The Morgan fingerprint density at radius 2 is 1.73 bits per heavy atom. The normalized spacial score (nSPS) is 13.6. The van der Waals surface area contributed by atoms with Crippen LogP contribution in [0.5, 0.6) is 5.88 Å². The van der Waals surface area contributed by atoms with Crippen molar-refractivity contribution in [3.8, 4) is 5.88 Å². The number of piperidine rings is 1. The molecule has 9 nitrogen and oxygen atoms in total. The number of aromatic amines is 1. The molecule has 3 aromatic rings. The van der Waals surface area contributed by atoms with Crippen molar-refractivity contribution >= 4 is 58.8 Å². The minimum Gasteiger partial charge on any atom is -0.474 e. The van der Waals surface area contributed by atoms with Gasteiger partial charge in [-0.25, -0.2) is 4.98 Å². The summed E-state index contributed by atoms with van der Waals surface area (Å²) in [6.45, 7) is 1.84. The van der Waals surface area contributed by atoms with Crippen LogP contribution in [0.25, 0.3) is 0 Å². The molecule has 2 aromatic heterocycles. The van der Waals surface area contributed by atoms with Gasteiger partial charge in [-0.15, -0.1) is 12.4 Å². The maximum Gasteiger partial charge on any atom is 0.275 e. The van der Waals surface area contributed by atoms with Gasteiger partial charge in [-0.05, 0) is 44.1 Å². The van der Waals surface area contributed by atoms with Gasteiger partial charge in [0.2, 0.25) is 5.88 Å². The van der Waals surface area contributed by atoms with Crippen molar-refractivity contribution in [2.45, 2.75) is 18.9 Å². The molecule has 3 heterocycles. The molecule has 0 atom stereocenters. The van der Waals surface area contributed by atoms with Gasteiger partial charge in [0, 0.05) is 6.07 Å². The molecular formula is C21H21Cl3N6O3. The third-order valence-corrected chi connectivity index (χ3v) is 5.50. The van der Waals surface area contributed by atoms with E-state index in [1.807, 2.05) is 0 Å². The van der Waals surface area contributed by atoms with Crippen molar-refractivity contribution < 1.29 is 14.3 Å². The highest BCUT2D eigenvalue weighted by atomic mass is 35.5. The third kappa shape index (κ3) is 6.14. The highest BCUT2D eigenvalue weighted by molar-refractivity contribution is 6.40. The fraction of sp³-hybridized carbons (Fsp3) is 0.238. The SMILES string of the molecule is Cl.O=C(Nc1ccc(OC2CCNCC2)nc1)c1[nH]ncc1NC(=O)c1c(Cl)cccc1Cl. The smallest absolute Gasteiger partial charge is 0.275 e. The van der Waals surface area contributed by atoms with E-state index in [0.29, 0.717) is 11.6 Å². The minimum absolute atomic E-state index is 0. The fourth-order valence-corrected chi connectivity index (χ4v) is 3.82. The van der Waals surface area contributed by atoms with Crippen LogP contribution in [0, 0.1) is 0 Å². The minimum atomic E-state index is -0.558. The molecule has 174 valence electrons. The van der Waals surface area contributed by atoms with Crippen LogP contribution in [-0.4, -0.2) is 46.2 Å². The highest BCUT2D eigenvalue weighted by Crippen LogP contribution is 2.26. The van der Waals surface area contributed by atoms with E-state index in [2.05, 4.69) is 31.1 Å². The largest absolute Gasteiger partial charge is 0.474 e. The summed E-state index contributed by atoms with van der Waals surface area (Å²) in [5.74, 6) is -0.560. The number of aromatic nitrogens is 3. The molecule has 1 aliphatic heterocycles. The van der Waals surface area contributed by atoms with Crippen molar-refractivity contribution in [3.05, 3.63) is 64.0 Å². The monoisotopic (exact) mass is 510 g/mol. The molecule has 0 bridgehead atoms. The zero-order chi connectivity index (χ0) is 22.5. The molecule has 4 rings (SSSR count). The summed E-state index contributed by atoms with van der Waals surface area (Å²) >= 11 is 12.2. The van der Waals surface area contributed by atoms with Crippen LogP contribution in [-0.2, 0) is 0 Å². The Balaban J connectivity index is 0.00000306. The first-order valence-corrected chi connectivity index (χ1v) is 10.7. The Labute approximate surface area is 206 Å². The summed E-state index contributed by atoms with van der Waals surface area (Å²) in [6, 6.07) is 8.13. The second-order valence-corrected chi connectivity index (χ2v) is 7.93. The molecule has 1 saturated heterocycles. The van der Waals surface area contributed by atoms with Crippen molar-refractivity contribution in [2.24, 2.45) is 0 Å². The van der Waals surface area contributed by atoms with Gasteiger partial charge in [0.15, 0.2) is 0 Å². The van der Waals surface area contributed by atoms with Crippen LogP contribution in [0.4, 0.5) is 11.4 Å². The van der Waals surface area contributed by atoms with Crippen molar-refractivity contribution in [2.75, 3.05) is 23.7 Å². The van der Waals surface area contributed by atoms with E-state index in [1.54, 1.807) is 30.3 Å². The zero-order valence-electron chi connectivity index (χ0n) is 17.2. The average Bonchev–Trinajstić information content (AvgIpc) is 3.24. The topological polar surface area (TPSA) is 121 Å². The van der Waals surface area contributed by atoms with Crippen LogP contribution >= 0.6 is 35.6 Å². The first-order valence-electron chi connectivity index (χ1n) is 9.95. The maximum absolute atomic E-state index is 12.7. The number of halogens is 3. The number of pyridine rings is 1. The van der Waals surface area contributed by atoms with Crippen molar-refractivity contribution in [1.82, 2.24) is 20.5 Å². The first-order chi connectivity index (χ1) is 15.5. The van der Waals surface area contributed by atoms with Crippen LogP contribution in [0.2, 0.25) is 10.0 Å². The summed E-state index contributed by atoms with van der Waals surface area (Å²) in [5, 5.41) is 15.4. The van der Waals surface area contributed by atoms with E-state index in [0.717, 1.165) is 25.9 Å². The van der Waals surface area contributed by atoms with Crippen LogP contribution in [0.15, 0.2) is 42.7 Å². The third-order valence-electron chi connectivity index (χ3n) is 4.87. The quantitative estimate of drug-likeness (QED) is 0.394. The van der Waals surface area contributed by atoms with Gasteiger partial charge in [-0.1, -0.05) is 29.3 Å². The molecular weight excluding hydrogens is 491 g/mol. The van der Waals surface area contributed by atoms with E-state index in [9.17, 15) is 9.59 Å². The number of rotatable bonds is 6. The second kappa shape index (κ2) is 11.3. The first kappa shape index (κ1) is 24.8. The van der Waals surface area contributed by atoms with Gasteiger partial charge in [0.1, 0.15) is 11.8 Å². The van der Waals surface area contributed by atoms with Crippen molar-refractivity contribution in [3.63, 3.8) is 0 Å². The summed E-state index contributed by atoms with van der Waals surface area (Å²) in [7, 11) is 0. The number of hydrogen-bond acceptors (Lipinski definition) is 6. The Bertz CT molecular complexity index is 1100. The van der Waals surface area contributed by atoms with E-state index in [-0.39, 0.29) is 45.5 Å². The Kier molecular flexibility index (Phi) is 8.51. The van der Waals surface area contributed by atoms with Gasteiger partial charge < -0.3 is 20.7 Å². The van der Waals surface area contributed by atoms with E-state index >= 15 is 0 Å². The predicted molar refractivity (Wildman–Crippen MR) is 129 cm³/mol. The number of nitrogens with zero attached hydrogens (tertiary/aromatic N) is 2. The molecule has 2 amide bonds. The number of hydrogen-bond donors (Lipinski definition) is 4.